The molecule has 3 aliphatic rings. The van der Waals surface area contributed by atoms with Gasteiger partial charge in [0.05, 0.1) is 13.2 Å². The van der Waals surface area contributed by atoms with E-state index >= 15 is 0 Å². The first-order valence-electron chi connectivity index (χ1n) is 6.84. The molecule has 1 unspecified atom stereocenters. The van der Waals surface area contributed by atoms with Crippen molar-refractivity contribution in [2.45, 2.75) is 47.5 Å². The van der Waals surface area contributed by atoms with Gasteiger partial charge in [-0.2, -0.15) is 26.3 Å². The van der Waals surface area contributed by atoms with Crippen molar-refractivity contribution in [1.29, 1.82) is 0 Å². The van der Waals surface area contributed by atoms with Crippen LogP contribution in [0.25, 0.3) is 0 Å². The fourth-order valence-electron chi connectivity index (χ4n) is 3.13. The summed E-state index contributed by atoms with van der Waals surface area (Å²) >= 11 is 0. The monoisotopic (exact) mass is 419 g/mol. The van der Waals surface area contributed by atoms with E-state index in [0.717, 1.165) is 0 Å². The summed E-state index contributed by atoms with van der Waals surface area (Å²) in [7, 11) is -13.3. The number of hydrogen-bond donors (Lipinski definition) is 0. The lowest BCUT2D eigenvalue weighted by Gasteiger charge is -2.42. The highest BCUT2D eigenvalue weighted by Crippen LogP contribution is 2.58. The smallest absolute Gasteiger partial charge is 0.347 e. The molecule has 0 amide bonds. The van der Waals surface area contributed by atoms with Gasteiger partial charge in [0.25, 0.3) is 20.0 Å². The highest BCUT2D eigenvalue weighted by molar-refractivity contribution is 8.05. The van der Waals surface area contributed by atoms with Crippen LogP contribution >= 0.6 is 0 Å². The van der Waals surface area contributed by atoms with Gasteiger partial charge in [0.15, 0.2) is 5.79 Å². The Bertz CT molecular complexity index is 743. The van der Waals surface area contributed by atoms with Crippen molar-refractivity contribution in [1.82, 2.24) is 3.71 Å². The second-order valence-electron chi connectivity index (χ2n) is 5.85. The summed E-state index contributed by atoms with van der Waals surface area (Å²) in [6, 6.07) is -1.96. The van der Waals surface area contributed by atoms with E-state index in [-0.39, 0.29) is 19.6 Å². The normalized spacial score (nSPS) is 37.3. The van der Waals surface area contributed by atoms with Crippen LogP contribution in [-0.4, -0.2) is 62.0 Å². The Kier molecular flexibility index (Phi) is 3.82. The zero-order valence-corrected chi connectivity index (χ0v) is 13.7. The first kappa shape index (κ1) is 19.1. The molecule has 25 heavy (non-hydrogen) atoms. The number of halogens is 6. The minimum atomic E-state index is -6.65. The number of hydrogen-bond acceptors (Lipinski definition) is 6. The molecule has 3 rings (SSSR count). The fraction of sp³-hybridized carbons (Fsp3) is 1.00. The Morgan fingerprint density at radius 1 is 0.840 bits per heavy atom. The first-order valence-corrected chi connectivity index (χ1v) is 9.72. The van der Waals surface area contributed by atoms with Crippen LogP contribution in [0.1, 0.15) is 19.3 Å². The van der Waals surface area contributed by atoms with E-state index in [1.807, 2.05) is 0 Å². The largest absolute Gasteiger partial charge is 0.429 e. The van der Waals surface area contributed by atoms with Gasteiger partial charge < -0.3 is 9.47 Å². The molecule has 0 aromatic carbocycles. The lowest BCUT2D eigenvalue weighted by Crippen LogP contribution is -2.72. The molecule has 15 heteroatoms. The van der Waals surface area contributed by atoms with Crippen molar-refractivity contribution in [3.8, 4) is 0 Å². The van der Waals surface area contributed by atoms with Gasteiger partial charge >= 0.3 is 16.4 Å². The third-order valence-corrected chi connectivity index (χ3v) is 8.90. The second kappa shape index (κ2) is 4.99. The molecule has 1 saturated carbocycles. The van der Waals surface area contributed by atoms with Gasteiger partial charge in [0, 0.05) is 18.9 Å². The predicted molar refractivity (Wildman–Crippen MR) is 66.8 cm³/mol. The number of alkyl halides is 6. The standard InChI is InChI=1S/C10H11F6NO6S2/c11-8(12)9(13,14)24(18,19)17(25(20,21)10(8,15)16)6-1-2-7(5-6)22-3-4-23-7/h6H,1-5H2. The molecule has 7 nitrogen and oxygen atoms in total. The van der Waals surface area contributed by atoms with Crippen molar-refractivity contribution >= 4 is 20.0 Å². The van der Waals surface area contributed by atoms with E-state index in [2.05, 4.69) is 0 Å². The summed E-state index contributed by atoms with van der Waals surface area (Å²) in [5.41, 5.74) is 0. The van der Waals surface area contributed by atoms with E-state index in [0.29, 0.717) is 0 Å². The average molecular weight is 419 g/mol. The highest BCUT2D eigenvalue weighted by atomic mass is 32.3. The molecule has 1 spiro atoms. The Hall–Kier alpha value is -0.640. The van der Waals surface area contributed by atoms with Crippen LogP contribution < -0.4 is 0 Å². The summed E-state index contributed by atoms with van der Waals surface area (Å²) < 4.78 is 138. The molecule has 0 bridgehead atoms. The maximum absolute atomic E-state index is 13.7. The molecule has 0 N–H and O–H groups in total. The zero-order chi connectivity index (χ0) is 19.1. The van der Waals surface area contributed by atoms with E-state index < -0.39 is 64.9 Å². The first-order chi connectivity index (χ1) is 11.1. The van der Waals surface area contributed by atoms with Crippen LogP contribution in [0.2, 0.25) is 0 Å². The minimum Gasteiger partial charge on any atom is -0.347 e. The molecular formula is C10H11F6NO6S2. The van der Waals surface area contributed by atoms with Crippen LogP contribution in [0.15, 0.2) is 0 Å². The number of ether oxygens (including phenoxy) is 2. The summed E-state index contributed by atoms with van der Waals surface area (Å²) in [4.78, 5) is 0. The Morgan fingerprint density at radius 2 is 1.28 bits per heavy atom. The van der Waals surface area contributed by atoms with Crippen LogP contribution in [-0.2, 0) is 29.5 Å². The summed E-state index contributed by atoms with van der Waals surface area (Å²) in [5, 5.41) is -12.6. The lowest BCUT2D eigenvalue weighted by molar-refractivity contribution is -0.250. The average Bonchev–Trinajstić information content (AvgIpc) is 3.07. The van der Waals surface area contributed by atoms with E-state index in [4.69, 9.17) is 9.47 Å². The number of sulfonamides is 2. The van der Waals surface area contributed by atoms with Gasteiger partial charge in [-0.3, -0.25) is 0 Å². The molecule has 0 aromatic rings. The molecule has 0 aromatic heterocycles. The van der Waals surface area contributed by atoms with Gasteiger partial charge in [-0.15, -0.1) is 0 Å². The molecule has 146 valence electrons. The maximum atomic E-state index is 13.7. The molecule has 2 heterocycles. The molecule has 2 saturated heterocycles. The van der Waals surface area contributed by atoms with Crippen LogP contribution in [0, 0.1) is 0 Å². The second-order valence-corrected chi connectivity index (χ2v) is 9.79. The van der Waals surface area contributed by atoms with Crippen molar-refractivity contribution in [3.05, 3.63) is 0 Å². The Balaban J connectivity index is 2.13. The maximum Gasteiger partial charge on any atom is 0.429 e. The van der Waals surface area contributed by atoms with Crippen molar-refractivity contribution in [2.75, 3.05) is 13.2 Å². The van der Waals surface area contributed by atoms with Gasteiger partial charge in [-0.05, 0) is 6.42 Å². The van der Waals surface area contributed by atoms with Gasteiger partial charge in [0.2, 0.25) is 0 Å². The zero-order valence-electron chi connectivity index (χ0n) is 12.1. The molecule has 1 atom stereocenters. The van der Waals surface area contributed by atoms with E-state index in [1.165, 1.54) is 0 Å². The molecule has 1 aliphatic carbocycles. The molecule has 2 aliphatic heterocycles. The fourth-order valence-corrected chi connectivity index (χ4v) is 7.29. The van der Waals surface area contributed by atoms with E-state index in [9.17, 15) is 43.2 Å². The number of nitrogens with zero attached hydrogens (tertiary/aromatic N) is 1. The van der Waals surface area contributed by atoms with Crippen molar-refractivity contribution in [2.24, 2.45) is 0 Å². The predicted octanol–water partition coefficient (Wildman–Crippen LogP) is 1.08. The van der Waals surface area contributed by atoms with E-state index in [1.54, 1.807) is 0 Å². The van der Waals surface area contributed by atoms with Crippen molar-refractivity contribution < 1.29 is 52.7 Å². The van der Waals surface area contributed by atoms with Crippen molar-refractivity contribution in [3.63, 3.8) is 0 Å². The third-order valence-electron chi connectivity index (χ3n) is 4.37. The van der Waals surface area contributed by atoms with Gasteiger partial charge in [0.1, 0.15) is 0 Å². The van der Waals surface area contributed by atoms with Crippen LogP contribution in [0.4, 0.5) is 26.3 Å². The quantitative estimate of drug-likeness (QED) is 0.591. The topological polar surface area (TPSA) is 90.0 Å². The summed E-state index contributed by atoms with van der Waals surface area (Å²) in [6.45, 7) is 0.0766. The van der Waals surface area contributed by atoms with Crippen LogP contribution in [0.5, 0.6) is 0 Å². The summed E-state index contributed by atoms with van der Waals surface area (Å²) in [5.74, 6) is -8.15. The Morgan fingerprint density at radius 3 is 1.72 bits per heavy atom. The minimum absolute atomic E-state index is 0.0383. The molecule has 3 fully saturated rings. The summed E-state index contributed by atoms with van der Waals surface area (Å²) in [6.07, 6.45) is -1.34. The molecular weight excluding hydrogens is 408 g/mol. The highest BCUT2D eigenvalue weighted by Gasteiger charge is 2.89. The lowest BCUT2D eigenvalue weighted by atomic mass is 10.2. The third kappa shape index (κ3) is 2.09. The Labute approximate surface area is 138 Å². The van der Waals surface area contributed by atoms with Gasteiger partial charge in [-0.25, -0.2) is 16.8 Å². The number of rotatable bonds is 1. The van der Waals surface area contributed by atoms with Gasteiger partial charge in [-0.1, -0.05) is 3.71 Å². The van der Waals surface area contributed by atoms with Crippen LogP contribution in [0.3, 0.4) is 0 Å². The molecule has 0 radical (unpaired) electrons. The SMILES string of the molecule is O=S1(=O)N(C2CCC3(C2)OCCO3)S(=O)(=O)C(F)(F)C(F)(F)C1(F)F.